The second-order valence-electron chi connectivity index (χ2n) is 4.73. The molecule has 0 aliphatic heterocycles. The molecule has 0 heterocycles. The first kappa shape index (κ1) is 19.4. The SMILES string of the molecule is CC(CN(C)CC(=O)Nc1c(I)cc(I)cc1I)C(=O)O. The van der Waals surface area contributed by atoms with E-state index < -0.39 is 11.9 Å². The lowest BCUT2D eigenvalue weighted by Gasteiger charge is -2.19. The predicted molar refractivity (Wildman–Crippen MR) is 108 cm³/mol. The number of aliphatic carboxylic acids is 1. The van der Waals surface area contributed by atoms with Crippen molar-refractivity contribution in [2.45, 2.75) is 6.92 Å². The molecule has 0 saturated heterocycles. The molecule has 0 aliphatic rings. The molecule has 116 valence electrons. The first-order valence-electron chi connectivity index (χ1n) is 6.06. The van der Waals surface area contributed by atoms with E-state index in [4.69, 9.17) is 5.11 Å². The summed E-state index contributed by atoms with van der Waals surface area (Å²) in [5.74, 6) is -1.50. The lowest BCUT2D eigenvalue weighted by Crippen LogP contribution is -2.35. The van der Waals surface area contributed by atoms with Crippen LogP contribution in [0.3, 0.4) is 0 Å². The molecule has 1 rings (SSSR count). The summed E-state index contributed by atoms with van der Waals surface area (Å²) in [5, 5.41) is 11.8. The highest BCUT2D eigenvalue weighted by molar-refractivity contribution is 14.1. The van der Waals surface area contributed by atoms with E-state index in [9.17, 15) is 9.59 Å². The minimum atomic E-state index is -0.857. The summed E-state index contributed by atoms with van der Waals surface area (Å²) in [6.07, 6.45) is 0. The van der Waals surface area contributed by atoms with Gasteiger partial charge in [0, 0.05) is 17.3 Å². The van der Waals surface area contributed by atoms with Gasteiger partial charge in [-0.25, -0.2) is 0 Å². The maximum Gasteiger partial charge on any atom is 0.307 e. The fraction of sp³-hybridized carbons (Fsp3) is 0.385. The van der Waals surface area contributed by atoms with Gasteiger partial charge in [0.15, 0.2) is 0 Å². The summed E-state index contributed by atoms with van der Waals surface area (Å²) in [7, 11) is 1.74. The third-order valence-electron chi connectivity index (χ3n) is 2.69. The van der Waals surface area contributed by atoms with Crippen LogP contribution in [0.1, 0.15) is 6.92 Å². The van der Waals surface area contributed by atoms with E-state index in [-0.39, 0.29) is 12.5 Å². The van der Waals surface area contributed by atoms with Crippen molar-refractivity contribution < 1.29 is 14.7 Å². The standard InChI is InChI=1S/C13H15I3N2O3/c1-7(13(20)21)5-18(2)6-11(19)17-12-9(15)3-8(14)4-10(12)16/h3-4,7H,5-6H2,1-2H3,(H,17,19)(H,20,21). The van der Waals surface area contributed by atoms with Gasteiger partial charge in [-0.3, -0.25) is 14.5 Å². The Morgan fingerprint density at radius 2 is 1.81 bits per heavy atom. The summed E-state index contributed by atoms with van der Waals surface area (Å²) in [4.78, 5) is 24.6. The number of rotatable bonds is 6. The molecule has 0 radical (unpaired) electrons. The molecular weight excluding hydrogens is 613 g/mol. The molecule has 0 aliphatic carbocycles. The lowest BCUT2D eigenvalue weighted by molar-refractivity contribution is -0.141. The average Bonchev–Trinajstić information content (AvgIpc) is 2.33. The van der Waals surface area contributed by atoms with E-state index in [1.165, 1.54) is 0 Å². The quantitative estimate of drug-likeness (QED) is 0.476. The molecule has 0 aromatic heterocycles. The zero-order valence-corrected chi connectivity index (χ0v) is 18.0. The fourth-order valence-corrected chi connectivity index (χ4v) is 5.55. The molecule has 8 heteroatoms. The van der Waals surface area contributed by atoms with Crippen LogP contribution in [0, 0.1) is 16.6 Å². The second kappa shape index (κ2) is 8.82. The van der Waals surface area contributed by atoms with E-state index in [1.807, 2.05) is 12.1 Å². The Kier molecular flexibility index (Phi) is 8.13. The largest absolute Gasteiger partial charge is 0.481 e. The van der Waals surface area contributed by atoms with Crippen LogP contribution >= 0.6 is 67.8 Å². The Hall–Kier alpha value is 0.310. The number of carboxylic acids is 1. The number of hydrogen-bond acceptors (Lipinski definition) is 3. The molecule has 5 nitrogen and oxygen atoms in total. The van der Waals surface area contributed by atoms with Crippen LogP contribution in [0.15, 0.2) is 12.1 Å². The Morgan fingerprint density at radius 3 is 2.29 bits per heavy atom. The Labute approximate surface area is 164 Å². The highest BCUT2D eigenvalue weighted by atomic mass is 127. The van der Waals surface area contributed by atoms with Crippen LogP contribution in [-0.4, -0.2) is 42.0 Å². The molecule has 1 atom stereocenters. The van der Waals surface area contributed by atoms with Gasteiger partial charge in [-0.05, 0) is 87.0 Å². The summed E-state index contributed by atoms with van der Waals surface area (Å²) in [6.45, 7) is 2.13. The van der Waals surface area contributed by atoms with Gasteiger partial charge in [0.25, 0.3) is 0 Å². The van der Waals surface area contributed by atoms with Crippen molar-refractivity contribution in [3.05, 3.63) is 22.8 Å². The Balaban J connectivity index is 2.64. The zero-order valence-electron chi connectivity index (χ0n) is 11.5. The molecule has 1 aromatic carbocycles. The molecule has 0 saturated carbocycles. The molecule has 2 N–H and O–H groups in total. The fourth-order valence-electron chi connectivity index (χ4n) is 1.70. The molecule has 1 amide bonds. The van der Waals surface area contributed by atoms with Crippen LogP contribution in [0.5, 0.6) is 0 Å². The van der Waals surface area contributed by atoms with Crippen molar-refractivity contribution in [1.29, 1.82) is 0 Å². The van der Waals surface area contributed by atoms with E-state index in [2.05, 4.69) is 73.1 Å². The molecular formula is C13H15I3N2O3. The predicted octanol–water partition coefficient (Wildman–Crippen LogP) is 3.09. The van der Waals surface area contributed by atoms with E-state index in [0.29, 0.717) is 6.54 Å². The highest BCUT2D eigenvalue weighted by Crippen LogP contribution is 2.27. The first-order chi connectivity index (χ1) is 9.70. The lowest BCUT2D eigenvalue weighted by atomic mass is 10.2. The maximum atomic E-state index is 12.1. The van der Waals surface area contributed by atoms with Crippen molar-refractivity contribution in [2.75, 3.05) is 25.5 Å². The Morgan fingerprint density at radius 1 is 1.29 bits per heavy atom. The van der Waals surface area contributed by atoms with Gasteiger partial charge in [0.05, 0.1) is 18.2 Å². The molecule has 1 unspecified atom stereocenters. The van der Waals surface area contributed by atoms with E-state index >= 15 is 0 Å². The van der Waals surface area contributed by atoms with Gasteiger partial charge in [0.1, 0.15) is 0 Å². The third kappa shape index (κ3) is 6.52. The topological polar surface area (TPSA) is 69.6 Å². The Bertz CT molecular complexity index is 528. The normalized spacial score (nSPS) is 12.3. The minimum absolute atomic E-state index is 0.146. The highest BCUT2D eigenvalue weighted by Gasteiger charge is 2.16. The monoisotopic (exact) mass is 628 g/mol. The number of nitrogens with zero attached hydrogens (tertiary/aromatic N) is 1. The number of carbonyl (C=O) groups is 2. The van der Waals surface area contributed by atoms with Gasteiger partial charge in [-0.2, -0.15) is 0 Å². The number of nitrogens with one attached hydrogen (secondary N) is 1. The summed E-state index contributed by atoms with van der Waals surface area (Å²) >= 11 is 6.62. The van der Waals surface area contributed by atoms with Gasteiger partial charge in [-0.15, -0.1) is 0 Å². The van der Waals surface area contributed by atoms with Crippen LogP contribution in [0.25, 0.3) is 0 Å². The molecule has 1 aromatic rings. The summed E-state index contributed by atoms with van der Waals surface area (Å²) in [5.41, 5.74) is 0.807. The van der Waals surface area contributed by atoms with Gasteiger partial charge in [-0.1, -0.05) is 6.92 Å². The number of carbonyl (C=O) groups excluding carboxylic acids is 1. The van der Waals surface area contributed by atoms with Crippen molar-refractivity contribution >= 4 is 85.3 Å². The third-order valence-corrected chi connectivity index (χ3v) is 5.02. The van der Waals surface area contributed by atoms with Crippen LogP contribution < -0.4 is 5.32 Å². The number of halogens is 3. The summed E-state index contributed by atoms with van der Waals surface area (Å²) in [6, 6.07) is 3.99. The minimum Gasteiger partial charge on any atom is -0.481 e. The zero-order chi connectivity index (χ0) is 16.2. The number of hydrogen-bond donors (Lipinski definition) is 2. The second-order valence-corrected chi connectivity index (χ2v) is 8.30. The molecule has 21 heavy (non-hydrogen) atoms. The summed E-state index contributed by atoms with van der Waals surface area (Å²) < 4.78 is 3.09. The van der Waals surface area contributed by atoms with Crippen LogP contribution in [0.4, 0.5) is 5.69 Å². The van der Waals surface area contributed by atoms with Crippen molar-refractivity contribution in [1.82, 2.24) is 4.90 Å². The van der Waals surface area contributed by atoms with E-state index in [1.54, 1.807) is 18.9 Å². The van der Waals surface area contributed by atoms with Gasteiger partial charge >= 0.3 is 5.97 Å². The average molecular weight is 628 g/mol. The number of likely N-dealkylation sites (N-methyl/N-ethyl adjacent to an activating group) is 1. The van der Waals surface area contributed by atoms with Crippen molar-refractivity contribution in [3.63, 3.8) is 0 Å². The molecule has 0 bridgehead atoms. The number of amides is 1. The molecule has 0 fully saturated rings. The van der Waals surface area contributed by atoms with Crippen molar-refractivity contribution in [2.24, 2.45) is 5.92 Å². The molecule has 0 spiro atoms. The number of carboxylic acid groups (broad SMARTS) is 1. The smallest absolute Gasteiger partial charge is 0.307 e. The van der Waals surface area contributed by atoms with Gasteiger partial charge < -0.3 is 10.4 Å². The number of anilines is 1. The van der Waals surface area contributed by atoms with E-state index in [0.717, 1.165) is 16.4 Å². The van der Waals surface area contributed by atoms with Crippen molar-refractivity contribution in [3.8, 4) is 0 Å². The maximum absolute atomic E-state index is 12.1. The van der Waals surface area contributed by atoms with Crippen LogP contribution in [0.2, 0.25) is 0 Å². The number of benzene rings is 1. The first-order valence-corrected chi connectivity index (χ1v) is 9.30. The van der Waals surface area contributed by atoms with Crippen LogP contribution in [-0.2, 0) is 9.59 Å². The van der Waals surface area contributed by atoms with Gasteiger partial charge in [0.2, 0.25) is 5.91 Å².